The number of amides is 1. The van der Waals surface area contributed by atoms with Crippen molar-refractivity contribution in [2.75, 3.05) is 17.3 Å². The number of nitrogens with one attached hydrogen (secondary N) is 3. The topological polar surface area (TPSA) is 122 Å². The molecule has 2 aliphatic rings. The molecule has 1 amide bonds. The summed E-state index contributed by atoms with van der Waals surface area (Å²) in [4.78, 5) is 37.2. The average Bonchev–Trinajstić information content (AvgIpc) is 3.54. The first-order valence-electron chi connectivity index (χ1n) is 14.3. The second-order valence-electron chi connectivity index (χ2n) is 11.2. The van der Waals surface area contributed by atoms with Crippen molar-refractivity contribution in [1.29, 1.82) is 0 Å². The Bertz CT molecular complexity index is 1680. The van der Waals surface area contributed by atoms with Crippen molar-refractivity contribution in [2.24, 2.45) is 5.92 Å². The summed E-state index contributed by atoms with van der Waals surface area (Å²) in [5.74, 6) is 0.0719. The number of carbonyl (C=O) groups excluding carboxylic acids is 1. The third kappa shape index (κ3) is 5.70. The number of nitrogens with zero attached hydrogens (tertiary/aromatic N) is 6. The zero-order chi connectivity index (χ0) is 31.2. The smallest absolute Gasteiger partial charge is 0.365 e. The molecule has 0 radical (unpaired) electrons. The lowest BCUT2D eigenvalue weighted by atomic mass is 9.80. The number of carbonyl (C=O) groups is 1. The van der Waals surface area contributed by atoms with Crippen LogP contribution in [-0.2, 0) is 17.6 Å². The molecule has 11 nitrogen and oxygen atoms in total. The van der Waals surface area contributed by atoms with Crippen LogP contribution in [0.3, 0.4) is 0 Å². The summed E-state index contributed by atoms with van der Waals surface area (Å²) in [6.45, 7) is 3.96. The first-order valence-corrected chi connectivity index (χ1v) is 14.3. The summed E-state index contributed by atoms with van der Waals surface area (Å²) < 4.78 is 56.4. The molecule has 6 rings (SSSR count). The fraction of sp³-hybridized carbons (Fsp3) is 0.414. The third-order valence-electron chi connectivity index (χ3n) is 8.30. The molecule has 0 spiro atoms. The number of hydrogen-bond acceptors (Lipinski definition) is 9. The summed E-state index contributed by atoms with van der Waals surface area (Å²) in [5, 5.41) is 6.09. The quantitative estimate of drug-likeness (QED) is 0.211. The molecule has 44 heavy (non-hydrogen) atoms. The predicted octanol–water partition coefficient (Wildman–Crippen LogP) is 5.47. The van der Waals surface area contributed by atoms with Crippen LogP contribution in [0, 0.1) is 11.7 Å². The zero-order valence-corrected chi connectivity index (χ0v) is 24.2. The average molecular weight is 614 g/mol. The Morgan fingerprint density at radius 2 is 1.95 bits per heavy atom. The maximum Gasteiger partial charge on any atom is 0.427 e. The molecule has 3 aromatic heterocycles. The van der Waals surface area contributed by atoms with E-state index in [2.05, 4.69) is 33.0 Å². The molecule has 3 N–H and O–H groups in total. The molecule has 1 aromatic carbocycles. The molecule has 1 saturated carbocycles. The molecule has 15 heteroatoms. The van der Waals surface area contributed by atoms with E-state index in [9.17, 15) is 22.4 Å². The van der Waals surface area contributed by atoms with Gasteiger partial charge in [-0.15, -0.1) is 5.48 Å². The minimum Gasteiger partial charge on any atom is -0.365 e. The molecule has 0 bridgehead atoms. The largest absolute Gasteiger partial charge is 0.427 e. The van der Waals surface area contributed by atoms with Gasteiger partial charge in [0.05, 0.1) is 23.8 Å². The lowest BCUT2D eigenvalue weighted by Crippen LogP contribution is -2.32. The number of aromatic nitrogens is 5. The summed E-state index contributed by atoms with van der Waals surface area (Å²) in [6.07, 6.45) is -1.41. The van der Waals surface area contributed by atoms with Gasteiger partial charge in [0, 0.05) is 19.3 Å². The van der Waals surface area contributed by atoms with E-state index in [0.29, 0.717) is 23.2 Å². The van der Waals surface area contributed by atoms with Crippen LogP contribution in [0.15, 0.2) is 42.6 Å². The molecule has 1 aliphatic heterocycles. The normalized spacial score (nSPS) is 18.4. The van der Waals surface area contributed by atoms with Gasteiger partial charge in [-0.25, -0.2) is 19.2 Å². The zero-order valence-electron chi connectivity index (χ0n) is 24.2. The van der Waals surface area contributed by atoms with Crippen LogP contribution in [0.25, 0.3) is 11.2 Å². The van der Waals surface area contributed by atoms with E-state index in [1.54, 1.807) is 10.8 Å². The number of alkyl halides is 3. The van der Waals surface area contributed by atoms with Gasteiger partial charge in [-0.3, -0.25) is 10.3 Å². The number of anilines is 2. The van der Waals surface area contributed by atoms with Gasteiger partial charge >= 0.3 is 12.3 Å². The molecule has 2 fully saturated rings. The number of halogens is 4. The Morgan fingerprint density at radius 1 is 1.16 bits per heavy atom. The van der Waals surface area contributed by atoms with E-state index in [1.807, 2.05) is 37.1 Å². The molecular formula is C29H31F4N9O2. The standard InChI is InChI=1S/C29H31F4N9O2/c1-15(18-7-6-8-18)35-23-22-24(37-25(36-23)26-39-28(43)44-40-26)38-27(41(3)16(2)21-9-4-5-12-34-21)42(22)14-17-10-11-19(20(30)13-17)29(31,32)33/h4-5,9-13,15-16,18,26,40H,6-8,14H2,1-3H3,(H,39,43)(H,35,36,37)/t15-,16?,26?/m1/s1. The van der Waals surface area contributed by atoms with Gasteiger partial charge in [0.15, 0.2) is 23.5 Å². The van der Waals surface area contributed by atoms with Gasteiger partial charge in [-0.2, -0.15) is 18.2 Å². The molecule has 4 heterocycles. The summed E-state index contributed by atoms with van der Waals surface area (Å²) in [5.41, 5.74) is 3.01. The Balaban J connectivity index is 1.50. The van der Waals surface area contributed by atoms with E-state index in [4.69, 9.17) is 14.8 Å². The van der Waals surface area contributed by atoms with Gasteiger partial charge < -0.3 is 19.6 Å². The van der Waals surface area contributed by atoms with Crippen LogP contribution in [0.1, 0.15) is 68.0 Å². The van der Waals surface area contributed by atoms with Crippen molar-refractivity contribution >= 4 is 29.0 Å². The maximum absolute atomic E-state index is 14.7. The van der Waals surface area contributed by atoms with Gasteiger partial charge in [0.1, 0.15) is 11.3 Å². The van der Waals surface area contributed by atoms with Crippen molar-refractivity contribution in [1.82, 2.24) is 35.3 Å². The number of benzene rings is 1. The van der Waals surface area contributed by atoms with Crippen LogP contribution in [-0.4, -0.2) is 43.7 Å². The highest BCUT2D eigenvalue weighted by Crippen LogP contribution is 2.36. The minimum absolute atomic E-state index is 0.0255. The highest BCUT2D eigenvalue weighted by molar-refractivity contribution is 5.86. The van der Waals surface area contributed by atoms with Crippen LogP contribution in [0.2, 0.25) is 0 Å². The summed E-state index contributed by atoms with van der Waals surface area (Å²) >= 11 is 0. The number of fused-ring (bicyclic) bond motifs is 1. The Hall–Kier alpha value is -4.53. The van der Waals surface area contributed by atoms with Crippen LogP contribution in [0.5, 0.6) is 0 Å². The lowest BCUT2D eigenvalue weighted by molar-refractivity contribution is -0.140. The molecule has 3 atom stereocenters. The van der Waals surface area contributed by atoms with Gasteiger partial charge in [0.25, 0.3) is 0 Å². The molecule has 1 aliphatic carbocycles. The second-order valence-corrected chi connectivity index (χ2v) is 11.2. The molecule has 2 unspecified atom stereocenters. The second kappa shape index (κ2) is 11.5. The minimum atomic E-state index is -4.82. The fourth-order valence-corrected chi connectivity index (χ4v) is 5.43. The molecule has 4 aromatic rings. The van der Waals surface area contributed by atoms with Gasteiger partial charge in [-0.05, 0) is 62.4 Å². The number of pyridine rings is 1. The van der Waals surface area contributed by atoms with Crippen molar-refractivity contribution in [2.45, 2.75) is 64.1 Å². The van der Waals surface area contributed by atoms with Crippen molar-refractivity contribution in [3.63, 3.8) is 0 Å². The van der Waals surface area contributed by atoms with Crippen molar-refractivity contribution in [3.05, 3.63) is 71.1 Å². The Kier molecular flexibility index (Phi) is 7.73. The summed E-state index contributed by atoms with van der Waals surface area (Å²) in [6, 6.07) is 8.17. The van der Waals surface area contributed by atoms with E-state index in [0.717, 1.165) is 37.1 Å². The van der Waals surface area contributed by atoms with Crippen LogP contribution in [0.4, 0.5) is 34.1 Å². The van der Waals surface area contributed by atoms with Gasteiger partial charge in [0.2, 0.25) is 5.95 Å². The van der Waals surface area contributed by atoms with Crippen LogP contribution >= 0.6 is 0 Å². The third-order valence-corrected chi connectivity index (χ3v) is 8.30. The highest BCUT2D eigenvalue weighted by Gasteiger charge is 2.35. The Labute approximate surface area is 250 Å². The van der Waals surface area contributed by atoms with Crippen molar-refractivity contribution in [3.8, 4) is 0 Å². The first-order chi connectivity index (χ1) is 21.0. The van der Waals surface area contributed by atoms with E-state index in [1.165, 1.54) is 6.07 Å². The molecule has 232 valence electrons. The Morgan fingerprint density at radius 3 is 2.57 bits per heavy atom. The fourth-order valence-electron chi connectivity index (χ4n) is 5.43. The first kappa shape index (κ1) is 29.5. The number of hydrogen-bond donors (Lipinski definition) is 3. The van der Waals surface area contributed by atoms with E-state index < -0.39 is 29.8 Å². The summed E-state index contributed by atoms with van der Waals surface area (Å²) in [7, 11) is 1.81. The highest BCUT2D eigenvalue weighted by atomic mass is 19.4. The molecule has 1 saturated heterocycles. The van der Waals surface area contributed by atoms with E-state index in [-0.39, 0.29) is 35.7 Å². The molecular weight excluding hydrogens is 582 g/mol. The monoisotopic (exact) mass is 613 g/mol. The SMILES string of the molecule is CC(c1ccccn1)N(C)c1nc2nc(C3NOC(=O)N3)nc(N[C@H](C)C3CCC3)c2n1Cc1ccc(C(F)(F)F)c(F)c1. The van der Waals surface area contributed by atoms with Crippen molar-refractivity contribution < 1.29 is 27.2 Å². The van der Waals surface area contributed by atoms with Gasteiger partial charge in [-0.1, -0.05) is 18.6 Å². The number of rotatable bonds is 9. The number of imidazole rings is 1. The van der Waals surface area contributed by atoms with Crippen LogP contribution < -0.4 is 21.0 Å². The maximum atomic E-state index is 14.7. The number of hydroxylamine groups is 1. The lowest BCUT2D eigenvalue weighted by Gasteiger charge is -2.32. The van der Waals surface area contributed by atoms with E-state index >= 15 is 0 Å². The predicted molar refractivity (Wildman–Crippen MR) is 153 cm³/mol.